The molecule has 9 heteroatoms. The molecule has 0 radical (unpaired) electrons. The van der Waals surface area contributed by atoms with Crippen molar-refractivity contribution in [1.29, 1.82) is 0 Å². The maximum atomic E-state index is 13.9. The summed E-state index contributed by atoms with van der Waals surface area (Å²) in [5, 5.41) is 10.1. The number of rotatable bonds is 7. The summed E-state index contributed by atoms with van der Waals surface area (Å²) in [5.41, 5.74) is 7.83. The molecule has 1 aliphatic rings. The van der Waals surface area contributed by atoms with Gasteiger partial charge >= 0.3 is 0 Å². The largest absolute Gasteiger partial charge is 0.295 e. The molecule has 0 saturated carbocycles. The summed E-state index contributed by atoms with van der Waals surface area (Å²) in [6.07, 6.45) is 4.06. The van der Waals surface area contributed by atoms with Crippen molar-refractivity contribution in [2.45, 2.75) is 19.8 Å². The van der Waals surface area contributed by atoms with Crippen molar-refractivity contribution in [2.75, 3.05) is 19.1 Å². The van der Waals surface area contributed by atoms with Crippen LogP contribution in [0, 0.1) is 6.92 Å². The third-order valence-corrected chi connectivity index (χ3v) is 6.77. The fourth-order valence-electron chi connectivity index (χ4n) is 5.01. The summed E-state index contributed by atoms with van der Waals surface area (Å²) in [7, 11) is 1.40. The molecule has 0 bridgehead atoms. The Balaban J connectivity index is 1.64. The third kappa shape index (κ3) is 4.69. The van der Waals surface area contributed by atoms with Gasteiger partial charge < -0.3 is 0 Å². The predicted molar refractivity (Wildman–Crippen MR) is 149 cm³/mol. The first-order chi connectivity index (χ1) is 19.1. The minimum absolute atomic E-state index is 0.203. The Labute approximate surface area is 224 Å². The molecule has 0 spiro atoms. The summed E-state index contributed by atoms with van der Waals surface area (Å²) in [5.74, 6) is 0.347. The van der Waals surface area contributed by atoms with Crippen molar-refractivity contribution in [3.63, 3.8) is 0 Å². The number of benzene rings is 3. The van der Waals surface area contributed by atoms with E-state index in [1.807, 2.05) is 79.7 Å². The lowest BCUT2D eigenvalue weighted by Gasteiger charge is -2.08. The summed E-state index contributed by atoms with van der Waals surface area (Å²) in [6, 6.07) is 25.5. The minimum atomic E-state index is -0.203. The zero-order valence-corrected chi connectivity index (χ0v) is 21.7. The molecule has 0 atom stereocenters. The maximum Gasteiger partial charge on any atom is 0.279 e. The van der Waals surface area contributed by atoms with Crippen molar-refractivity contribution in [3.8, 4) is 22.5 Å². The SMILES string of the molecule is COONc1nn(-c2ccccc2)c(C=c2ccc3c(c2)CCCN=3)c1-c1c(C)[nH]n(-c2ccccc2)c1=O. The fraction of sp³-hybridized carbons (Fsp3) is 0.167. The van der Waals surface area contributed by atoms with E-state index in [4.69, 9.17) is 15.0 Å². The van der Waals surface area contributed by atoms with Gasteiger partial charge in [-0.3, -0.25) is 14.9 Å². The van der Waals surface area contributed by atoms with Crippen molar-refractivity contribution in [1.82, 2.24) is 19.6 Å². The quantitative estimate of drug-likeness (QED) is 0.252. The number of fused-ring (bicyclic) bond motifs is 1. The van der Waals surface area contributed by atoms with E-state index in [1.54, 1.807) is 4.68 Å². The molecule has 9 nitrogen and oxygen atoms in total. The van der Waals surface area contributed by atoms with Gasteiger partial charge in [-0.25, -0.2) is 19.7 Å². The topological polar surface area (TPSA) is 98.5 Å². The average Bonchev–Trinajstić information content (AvgIpc) is 3.47. The molecule has 5 aromatic rings. The maximum absolute atomic E-state index is 13.9. The molecule has 0 aliphatic carbocycles. The highest BCUT2D eigenvalue weighted by molar-refractivity contribution is 5.84. The highest BCUT2D eigenvalue weighted by Crippen LogP contribution is 2.34. The Bertz CT molecular complexity index is 1800. The first kappa shape index (κ1) is 24.6. The van der Waals surface area contributed by atoms with Gasteiger partial charge in [0.25, 0.3) is 5.56 Å². The predicted octanol–water partition coefficient (Wildman–Crippen LogP) is 3.63. The number of hydrogen-bond donors (Lipinski definition) is 2. The Hall–Kier alpha value is -4.73. The van der Waals surface area contributed by atoms with Gasteiger partial charge in [-0.1, -0.05) is 42.5 Å². The van der Waals surface area contributed by atoms with Crippen LogP contribution in [0.3, 0.4) is 0 Å². The zero-order valence-electron chi connectivity index (χ0n) is 21.7. The second-order valence-corrected chi connectivity index (χ2v) is 9.31. The smallest absolute Gasteiger partial charge is 0.279 e. The van der Waals surface area contributed by atoms with Crippen LogP contribution in [0.15, 0.2) is 88.6 Å². The molecule has 3 aromatic carbocycles. The van der Waals surface area contributed by atoms with E-state index in [0.717, 1.165) is 47.0 Å². The van der Waals surface area contributed by atoms with E-state index < -0.39 is 0 Å². The number of H-pyrrole nitrogens is 1. The molecule has 0 amide bonds. The molecular weight excluding hydrogens is 492 g/mol. The van der Waals surface area contributed by atoms with Crippen LogP contribution in [-0.4, -0.2) is 33.2 Å². The number of nitrogens with one attached hydrogen (secondary N) is 2. The molecule has 6 rings (SSSR count). The molecule has 2 aromatic heterocycles. The van der Waals surface area contributed by atoms with E-state index in [0.29, 0.717) is 22.6 Å². The van der Waals surface area contributed by atoms with E-state index in [1.165, 1.54) is 17.4 Å². The van der Waals surface area contributed by atoms with E-state index >= 15 is 0 Å². The number of aryl methyl sites for hydroxylation is 2. The lowest BCUT2D eigenvalue weighted by Crippen LogP contribution is -2.20. The van der Waals surface area contributed by atoms with Crippen LogP contribution in [0.4, 0.5) is 5.82 Å². The van der Waals surface area contributed by atoms with Crippen LogP contribution in [0.5, 0.6) is 0 Å². The molecule has 3 heterocycles. The van der Waals surface area contributed by atoms with Crippen molar-refractivity contribution in [2.24, 2.45) is 4.99 Å². The van der Waals surface area contributed by atoms with Crippen LogP contribution in [0.1, 0.15) is 23.4 Å². The molecule has 39 heavy (non-hydrogen) atoms. The van der Waals surface area contributed by atoms with Crippen LogP contribution < -0.4 is 21.6 Å². The highest BCUT2D eigenvalue weighted by Gasteiger charge is 2.26. The van der Waals surface area contributed by atoms with E-state index in [9.17, 15) is 4.79 Å². The Morgan fingerprint density at radius 2 is 1.72 bits per heavy atom. The van der Waals surface area contributed by atoms with Gasteiger partial charge in [0.2, 0.25) is 0 Å². The standard InChI is InChI=1S/C30H28N6O3/c1-20-27(30(37)36(32-20)24-13-7-4-8-14-24)28-26(19-21-15-16-25-22(18-21)10-9-17-31-25)35(23-11-5-3-6-12-23)33-29(28)34-39-38-2/h3-8,11-16,18-19,32H,9-10,17H2,1-2H3,(H,33,34). The highest BCUT2D eigenvalue weighted by atomic mass is 17.3. The van der Waals surface area contributed by atoms with Crippen LogP contribution in [0.2, 0.25) is 0 Å². The third-order valence-electron chi connectivity index (χ3n) is 6.77. The first-order valence-electron chi connectivity index (χ1n) is 12.8. The van der Waals surface area contributed by atoms with Crippen molar-refractivity contribution < 1.29 is 9.88 Å². The number of para-hydroxylation sites is 2. The Morgan fingerprint density at radius 3 is 2.46 bits per heavy atom. The van der Waals surface area contributed by atoms with Gasteiger partial charge in [-0.05, 0) is 73.0 Å². The van der Waals surface area contributed by atoms with Gasteiger partial charge in [0.05, 0.1) is 40.7 Å². The minimum Gasteiger partial charge on any atom is -0.295 e. The summed E-state index contributed by atoms with van der Waals surface area (Å²) in [4.78, 5) is 28.5. The van der Waals surface area contributed by atoms with Crippen molar-refractivity contribution >= 4 is 11.9 Å². The second kappa shape index (κ2) is 10.6. The number of nitrogens with zero attached hydrogens (tertiary/aromatic N) is 4. The number of anilines is 1. The van der Waals surface area contributed by atoms with Crippen LogP contribution in [0.25, 0.3) is 28.6 Å². The lowest BCUT2D eigenvalue weighted by atomic mass is 10.0. The Kier molecular flexibility index (Phi) is 6.66. The van der Waals surface area contributed by atoms with Gasteiger partial charge in [-0.15, -0.1) is 10.1 Å². The van der Waals surface area contributed by atoms with E-state index in [-0.39, 0.29) is 5.56 Å². The van der Waals surface area contributed by atoms with Gasteiger partial charge in [-0.2, -0.15) is 0 Å². The molecular formula is C30H28N6O3. The number of hydrogen-bond acceptors (Lipinski definition) is 6. The average molecular weight is 521 g/mol. The number of aromatic nitrogens is 4. The van der Waals surface area contributed by atoms with Gasteiger partial charge in [0.1, 0.15) is 0 Å². The second-order valence-electron chi connectivity index (χ2n) is 9.31. The molecule has 1 aliphatic heterocycles. The normalized spacial score (nSPS) is 13.2. The first-order valence-corrected chi connectivity index (χ1v) is 12.8. The lowest BCUT2D eigenvalue weighted by molar-refractivity contribution is -0.248. The molecule has 0 unspecified atom stereocenters. The van der Waals surface area contributed by atoms with Gasteiger partial charge in [0.15, 0.2) is 5.82 Å². The van der Waals surface area contributed by atoms with E-state index in [2.05, 4.69) is 27.7 Å². The zero-order chi connectivity index (χ0) is 26.8. The van der Waals surface area contributed by atoms with Crippen LogP contribution in [-0.2, 0) is 16.3 Å². The monoisotopic (exact) mass is 520 g/mol. The summed E-state index contributed by atoms with van der Waals surface area (Å²) >= 11 is 0. The summed E-state index contributed by atoms with van der Waals surface area (Å²) in [6.45, 7) is 2.73. The molecule has 0 fully saturated rings. The van der Waals surface area contributed by atoms with Gasteiger partial charge in [0, 0.05) is 12.2 Å². The summed E-state index contributed by atoms with van der Waals surface area (Å²) < 4.78 is 3.34. The number of aromatic amines is 1. The molecule has 2 N–H and O–H groups in total. The van der Waals surface area contributed by atoms with Crippen molar-refractivity contribution in [3.05, 3.63) is 117 Å². The molecule has 196 valence electrons. The molecule has 0 saturated heterocycles. The Morgan fingerprint density at radius 1 is 0.974 bits per heavy atom. The van der Waals surface area contributed by atoms with Crippen LogP contribution >= 0.6 is 0 Å². The fourth-order valence-corrected chi connectivity index (χ4v) is 5.01.